The standard InChI is InChI=1S/C15H20N2O2/c1-12-5-3-4-6-14(12)15(10-18,11-19)7-13-8-16-17(2)9-13/h3-6,8-9,18-19H,7,10-11H2,1-2H3. The molecule has 1 aromatic heterocycles. The Bertz CT molecular complexity index is 545. The van der Waals surface area contributed by atoms with Crippen LogP contribution in [0, 0.1) is 6.92 Å². The van der Waals surface area contributed by atoms with Gasteiger partial charge in [0.25, 0.3) is 0 Å². The Morgan fingerprint density at radius 1 is 1.21 bits per heavy atom. The molecule has 0 amide bonds. The first kappa shape index (κ1) is 13.8. The van der Waals surface area contributed by atoms with Crippen molar-refractivity contribution in [1.82, 2.24) is 9.78 Å². The third kappa shape index (κ3) is 2.69. The van der Waals surface area contributed by atoms with Crippen LogP contribution in [-0.4, -0.2) is 33.2 Å². The van der Waals surface area contributed by atoms with Gasteiger partial charge in [-0.25, -0.2) is 0 Å². The summed E-state index contributed by atoms with van der Waals surface area (Å²) in [5.74, 6) is 0. The zero-order chi connectivity index (χ0) is 13.9. The van der Waals surface area contributed by atoms with Crippen LogP contribution in [0.3, 0.4) is 0 Å². The van der Waals surface area contributed by atoms with Gasteiger partial charge in [-0.05, 0) is 30.0 Å². The highest BCUT2D eigenvalue weighted by Gasteiger charge is 2.32. The van der Waals surface area contributed by atoms with Gasteiger partial charge < -0.3 is 10.2 Å². The third-order valence-electron chi connectivity index (χ3n) is 3.62. The fraction of sp³-hybridized carbons (Fsp3) is 0.400. The predicted molar refractivity (Wildman–Crippen MR) is 73.9 cm³/mol. The number of aliphatic hydroxyl groups is 2. The van der Waals surface area contributed by atoms with Gasteiger partial charge in [-0.2, -0.15) is 5.10 Å². The van der Waals surface area contributed by atoms with Crippen molar-refractivity contribution >= 4 is 0 Å². The van der Waals surface area contributed by atoms with E-state index in [1.54, 1.807) is 10.9 Å². The van der Waals surface area contributed by atoms with Crippen molar-refractivity contribution in [2.24, 2.45) is 7.05 Å². The summed E-state index contributed by atoms with van der Waals surface area (Å²) in [6.07, 6.45) is 4.26. The lowest BCUT2D eigenvalue weighted by molar-refractivity contribution is 0.115. The summed E-state index contributed by atoms with van der Waals surface area (Å²) >= 11 is 0. The molecule has 0 aliphatic heterocycles. The zero-order valence-corrected chi connectivity index (χ0v) is 11.4. The number of hydrogen-bond acceptors (Lipinski definition) is 3. The van der Waals surface area contributed by atoms with Crippen molar-refractivity contribution < 1.29 is 10.2 Å². The van der Waals surface area contributed by atoms with E-state index in [9.17, 15) is 10.2 Å². The van der Waals surface area contributed by atoms with E-state index >= 15 is 0 Å². The molecule has 0 saturated carbocycles. The molecule has 0 unspecified atom stereocenters. The minimum Gasteiger partial charge on any atom is -0.395 e. The van der Waals surface area contributed by atoms with Crippen LogP contribution < -0.4 is 0 Å². The molecule has 4 heteroatoms. The summed E-state index contributed by atoms with van der Waals surface area (Å²) in [6, 6.07) is 7.87. The topological polar surface area (TPSA) is 58.3 Å². The fourth-order valence-electron chi connectivity index (χ4n) is 2.55. The van der Waals surface area contributed by atoms with Gasteiger partial charge in [-0.1, -0.05) is 24.3 Å². The monoisotopic (exact) mass is 260 g/mol. The number of aryl methyl sites for hydroxylation is 2. The summed E-state index contributed by atoms with van der Waals surface area (Å²) in [4.78, 5) is 0. The third-order valence-corrected chi connectivity index (χ3v) is 3.62. The second kappa shape index (κ2) is 5.55. The van der Waals surface area contributed by atoms with E-state index in [-0.39, 0.29) is 13.2 Å². The van der Waals surface area contributed by atoms with E-state index in [1.165, 1.54) is 0 Å². The largest absolute Gasteiger partial charge is 0.395 e. The summed E-state index contributed by atoms with van der Waals surface area (Å²) in [5, 5.41) is 23.8. The Hall–Kier alpha value is -1.65. The number of hydrogen-bond donors (Lipinski definition) is 2. The molecule has 0 aliphatic carbocycles. The summed E-state index contributed by atoms with van der Waals surface area (Å²) < 4.78 is 1.73. The Balaban J connectivity index is 2.40. The molecule has 0 fully saturated rings. The maximum absolute atomic E-state index is 9.84. The van der Waals surface area contributed by atoms with Crippen molar-refractivity contribution in [3.05, 3.63) is 53.3 Å². The maximum Gasteiger partial charge on any atom is 0.0553 e. The molecular weight excluding hydrogens is 240 g/mol. The second-order valence-corrected chi connectivity index (χ2v) is 5.11. The molecule has 1 heterocycles. The Morgan fingerprint density at radius 2 is 1.89 bits per heavy atom. The summed E-state index contributed by atoms with van der Waals surface area (Å²) in [7, 11) is 1.86. The molecule has 4 nitrogen and oxygen atoms in total. The fourth-order valence-corrected chi connectivity index (χ4v) is 2.55. The second-order valence-electron chi connectivity index (χ2n) is 5.11. The number of rotatable bonds is 5. The highest BCUT2D eigenvalue weighted by atomic mass is 16.3. The molecule has 19 heavy (non-hydrogen) atoms. The highest BCUT2D eigenvalue weighted by molar-refractivity contribution is 5.35. The molecule has 0 aliphatic rings. The molecule has 2 N–H and O–H groups in total. The normalized spacial score (nSPS) is 11.8. The Labute approximate surface area is 113 Å². The van der Waals surface area contributed by atoms with E-state index in [1.807, 2.05) is 44.4 Å². The van der Waals surface area contributed by atoms with Gasteiger partial charge in [0.1, 0.15) is 0 Å². The van der Waals surface area contributed by atoms with E-state index in [0.29, 0.717) is 6.42 Å². The van der Waals surface area contributed by atoms with Crippen molar-refractivity contribution in [3.63, 3.8) is 0 Å². The van der Waals surface area contributed by atoms with E-state index < -0.39 is 5.41 Å². The van der Waals surface area contributed by atoms with E-state index in [0.717, 1.165) is 16.7 Å². The Morgan fingerprint density at radius 3 is 2.42 bits per heavy atom. The molecular formula is C15H20N2O2. The van der Waals surface area contributed by atoms with Gasteiger partial charge in [-0.3, -0.25) is 4.68 Å². The lowest BCUT2D eigenvalue weighted by Gasteiger charge is -2.31. The summed E-state index contributed by atoms with van der Waals surface area (Å²) in [5.41, 5.74) is 2.42. The van der Waals surface area contributed by atoms with Crippen molar-refractivity contribution in [3.8, 4) is 0 Å². The molecule has 0 bridgehead atoms. The van der Waals surface area contributed by atoms with Gasteiger partial charge in [0.15, 0.2) is 0 Å². The number of nitrogens with zero attached hydrogens (tertiary/aromatic N) is 2. The van der Waals surface area contributed by atoms with Crippen molar-refractivity contribution in [2.75, 3.05) is 13.2 Å². The van der Waals surface area contributed by atoms with Crippen molar-refractivity contribution in [1.29, 1.82) is 0 Å². The zero-order valence-electron chi connectivity index (χ0n) is 11.4. The number of benzene rings is 1. The maximum atomic E-state index is 9.84. The van der Waals surface area contributed by atoms with Gasteiger partial charge >= 0.3 is 0 Å². The highest BCUT2D eigenvalue weighted by Crippen LogP contribution is 2.30. The molecule has 1 aromatic carbocycles. The number of aromatic nitrogens is 2. The minimum absolute atomic E-state index is 0.0940. The van der Waals surface area contributed by atoms with E-state index in [2.05, 4.69) is 5.10 Å². The van der Waals surface area contributed by atoms with Gasteiger partial charge in [0.2, 0.25) is 0 Å². The van der Waals surface area contributed by atoms with E-state index in [4.69, 9.17) is 0 Å². The van der Waals surface area contributed by atoms with Crippen LogP contribution in [0.25, 0.3) is 0 Å². The predicted octanol–water partition coefficient (Wildman–Crippen LogP) is 1.19. The SMILES string of the molecule is Cc1ccccc1C(CO)(CO)Cc1cnn(C)c1. The molecule has 102 valence electrons. The molecule has 0 spiro atoms. The smallest absolute Gasteiger partial charge is 0.0553 e. The number of aliphatic hydroxyl groups excluding tert-OH is 2. The quantitative estimate of drug-likeness (QED) is 0.849. The summed E-state index contributed by atoms with van der Waals surface area (Å²) in [6.45, 7) is 1.81. The molecule has 2 aromatic rings. The lowest BCUT2D eigenvalue weighted by atomic mass is 9.75. The Kier molecular flexibility index (Phi) is 4.02. The van der Waals surface area contributed by atoms with Gasteiger partial charge in [-0.15, -0.1) is 0 Å². The van der Waals surface area contributed by atoms with Crippen LogP contribution in [0.15, 0.2) is 36.7 Å². The first-order valence-corrected chi connectivity index (χ1v) is 6.36. The molecule has 2 rings (SSSR count). The molecule has 0 radical (unpaired) electrons. The van der Waals surface area contributed by atoms with Crippen LogP contribution in [0.1, 0.15) is 16.7 Å². The van der Waals surface area contributed by atoms with Crippen LogP contribution >= 0.6 is 0 Å². The van der Waals surface area contributed by atoms with Crippen LogP contribution in [0.4, 0.5) is 0 Å². The lowest BCUT2D eigenvalue weighted by Crippen LogP contribution is -2.38. The van der Waals surface area contributed by atoms with Crippen molar-refractivity contribution in [2.45, 2.75) is 18.8 Å². The van der Waals surface area contributed by atoms with Gasteiger partial charge in [0, 0.05) is 18.7 Å². The van der Waals surface area contributed by atoms with Crippen LogP contribution in [-0.2, 0) is 18.9 Å². The first-order chi connectivity index (χ1) is 9.11. The average molecular weight is 260 g/mol. The minimum atomic E-state index is -0.658. The average Bonchev–Trinajstić information content (AvgIpc) is 2.82. The van der Waals surface area contributed by atoms with Crippen LogP contribution in [0.5, 0.6) is 0 Å². The van der Waals surface area contributed by atoms with Gasteiger partial charge in [0.05, 0.1) is 19.4 Å². The molecule has 0 saturated heterocycles. The van der Waals surface area contributed by atoms with Crippen LogP contribution in [0.2, 0.25) is 0 Å². The molecule has 0 atom stereocenters. The first-order valence-electron chi connectivity index (χ1n) is 6.36.